The lowest BCUT2D eigenvalue weighted by Gasteiger charge is -2.24. The zero-order valence-corrected chi connectivity index (χ0v) is 19.4. The third-order valence-electron chi connectivity index (χ3n) is 5.94. The molecule has 33 heavy (non-hydrogen) atoms. The lowest BCUT2D eigenvalue weighted by Crippen LogP contribution is -2.39. The Balaban J connectivity index is 1.62. The van der Waals surface area contributed by atoms with Gasteiger partial charge >= 0.3 is 5.97 Å². The van der Waals surface area contributed by atoms with Crippen molar-refractivity contribution in [3.63, 3.8) is 0 Å². The largest absolute Gasteiger partial charge is 0.463 e. The first kappa shape index (κ1) is 21.5. The zero-order chi connectivity index (χ0) is 22.9. The smallest absolute Gasteiger partial charge is 0.338 e. The molecule has 0 aliphatic carbocycles. The molecule has 1 saturated heterocycles. The van der Waals surface area contributed by atoms with E-state index in [4.69, 9.17) is 9.15 Å². The van der Waals surface area contributed by atoms with Crippen molar-refractivity contribution >= 4 is 29.3 Å². The number of fused-ring (bicyclic) bond motifs is 1. The topological polar surface area (TPSA) is 77.0 Å². The Morgan fingerprint density at radius 2 is 1.97 bits per heavy atom. The van der Waals surface area contributed by atoms with Gasteiger partial charge in [-0.25, -0.2) is 9.79 Å². The summed E-state index contributed by atoms with van der Waals surface area (Å²) in [5.74, 6) is 0.997. The molecule has 1 fully saturated rings. The zero-order valence-electron chi connectivity index (χ0n) is 18.6. The molecule has 7 nitrogen and oxygen atoms in total. The van der Waals surface area contributed by atoms with Crippen molar-refractivity contribution in [2.24, 2.45) is 4.99 Å². The summed E-state index contributed by atoms with van der Waals surface area (Å²) in [6.07, 6.45) is 4.08. The summed E-state index contributed by atoms with van der Waals surface area (Å²) in [5.41, 5.74) is 1.57. The van der Waals surface area contributed by atoms with Crippen LogP contribution in [0.2, 0.25) is 0 Å². The SMILES string of the molecule is CCOC(=O)C1=C(C)N=c2sc(=Cc3ccc(N4CCCC4)o3)c(=O)n2C1c1ccccc1. The van der Waals surface area contributed by atoms with E-state index in [2.05, 4.69) is 9.89 Å². The van der Waals surface area contributed by atoms with Gasteiger partial charge in [0.25, 0.3) is 5.56 Å². The van der Waals surface area contributed by atoms with Crippen LogP contribution in [-0.2, 0) is 9.53 Å². The van der Waals surface area contributed by atoms with Crippen LogP contribution in [0.3, 0.4) is 0 Å². The van der Waals surface area contributed by atoms with Gasteiger partial charge in [0.05, 0.1) is 28.5 Å². The van der Waals surface area contributed by atoms with Crippen LogP contribution in [0.5, 0.6) is 0 Å². The second kappa shape index (κ2) is 8.86. The second-order valence-electron chi connectivity index (χ2n) is 8.08. The summed E-state index contributed by atoms with van der Waals surface area (Å²) < 4.78 is 13.4. The van der Waals surface area contributed by atoms with E-state index in [-0.39, 0.29) is 12.2 Å². The Hall–Kier alpha value is -3.39. The number of hydrogen-bond acceptors (Lipinski definition) is 7. The molecular formula is C25H25N3O4S. The van der Waals surface area contributed by atoms with E-state index in [9.17, 15) is 9.59 Å². The van der Waals surface area contributed by atoms with Gasteiger partial charge in [-0.15, -0.1) is 0 Å². The van der Waals surface area contributed by atoms with Crippen molar-refractivity contribution in [2.45, 2.75) is 32.7 Å². The van der Waals surface area contributed by atoms with Gasteiger partial charge in [-0.1, -0.05) is 41.7 Å². The van der Waals surface area contributed by atoms with Crippen LogP contribution < -0.4 is 19.8 Å². The van der Waals surface area contributed by atoms with Crippen molar-refractivity contribution in [3.8, 4) is 0 Å². The molecule has 0 N–H and O–H groups in total. The fourth-order valence-corrected chi connectivity index (χ4v) is 5.43. The van der Waals surface area contributed by atoms with Crippen molar-refractivity contribution in [1.29, 1.82) is 0 Å². The highest BCUT2D eigenvalue weighted by Crippen LogP contribution is 2.30. The van der Waals surface area contributed by atoms with Gasteiger partial charge in [-0.05, 0) is 38.3 Å². The summed E-state index contributed by atoms with van der Waals surface area (Å²) >= 11 is 1.30. The number of hydrogen-bond donors (Lipinski definition) is 0. The molecule has 8 heteroatoms. The highest BCUT2D eigenvalue weighted by Gasteiger charge is 2.33. The number of allylic oxidation sites excluding steroid dienone is 1. The summed E-state index contributed by atoms with van der Waals surface area (Å²) in [4.78, 5) is 33.8. The number of furan rings is 1. The van der Waals surface area contributed by atoms with Gasteiger partial charge in [0.1, 0.15) is 5.76 Å². The molecule has 1 unspecified atom stereocenters. The van der Waals surface area contributed by atoms with E-state index in [0.717, 1.165) is 37.4 Å². The number of benzene rings is 1. The maximum absolute atomic E-state index is 13.6. The number of thiazole rings is 1. The Morgan fingerprint density at radius 1 is 1.21 bits per heavy atom. The number of aromatic nitrogens is 1. The quantitative estimate of drug-likeness (QED) is 0.544. The second-order valence-corrected chi connectivity index (χ2v) is 9.09. The van der Waals surface area contributed by atoms with Crippen LogP contribution in [0.15, 0.2) is 67.9 Å². The number of nitrogens with zero attached hydrogens (tertiary/aromatic N) is 3. The number of carbonyl (C=O) groups excluding carboxylic acids is 1. The maximum Gasteiger partial charge on any atom is 0.338 e. The lowest BCUT2D eigenvalue weighted by atomic mass is 9.96. The fourth-order valence-electron chi connectivity index (χ4n) is 4.40. The molecule has 1 aromatic carbocycles. The molecule has 4 heterocycles. The van der Waals surface area contributed by atoms with Crippen LogP contribution in [0.4, 0.5) is 5.88 Å². The molecule has 0 spiro atoms. The van der Waals surface area contributed by atoms with Crippen LogP contribution in [-0.4, -0.2) is 30.2 Å². The molecule has 5 rings (SSSR count). The summed E-state index contributed by atoms with van der Waals surface area (Å²) in [6, 6.07) is 12.8. The Kier molecular flexibility index (Phi) is 5.76. The predicted octanol–water partition coefficient (Wildman–Crippen LogP) is 2.99. The molecule has 2 aliphatic rings. The molecule has 0 amide bonds. The number of ether oxygens (including phenoxy) is 1. The third-order valence-corrected chi connectivity index (χ3v) is 6.92. The van der Waals surface area contributed by atoms with E-state index in [1.54, 1.807) is 24.5 Å². The molecule has 2 aliphatic heterocycles. The van der Waals surface area contributed by atoms with Gasteiger partial charge in [0.2, 0.25) is 0 Å². The molecule has 3 aromatic rings. The molecule has 0 saturated carbocycles. The van der Waals surface area contributed by atoms with E-state index in [0.29, 0.717) is 26.4 Å². The Labute approximate surface area is 194 Å². The van der Waals surface area contributed by atoms with E-state index in [1.165, 1.54) is 11.3 Å². The molecular weight excluding hydrogens is 438 g/mol. The van der Waals surface area contributed by atoms with Gasteiger partial charge in [-0.2, -0.15) is 0 Å². The monoisotopic (exact) mass is 463 g/mol. The molecule has 1 atom stereocenters. The van der Waals surface area contributed by atoms with E-state index in [1.807, 2.05) is 42.5 Å². The molecule has 170 valence electrons. The fraction of sp³-hybridized carbons (Fsp3) is 0.320. The average Bonchev–Trinajstić information content (AvgIpc) is 3.55. The van der Waals surface area contributed by atoms with Crippen LogP contribution in [0.1, 0.15) is 44.1 Å². The van der Waals surface area contributed by atoms with Gasteiger partial charge in [0, 0.05) is 25.2 Å². The summed E-state index contributed by atoms with van der Waals surface area (Å²) in [5, 5.41) is 0. The van der Waals surface area contributed by atoms with E-state index < -0.39 is 12.0 Å². The number of carbonyl (C=O) groups is 1. The number of esters is 1. The summed E-state index contributed by atoms with van der Waals surface area (Å²) in [7, 11) is 0. The average molecular weight is 464 g/mol. The first-order chi connectivity index (χ1) is 16.1. The molecule has 2 aromatic heterocycles. The van der Waals surface area contributed by atoms with E-state index >= 15 is 0 Å². The number of rotatable bonds is 5. The highest BCUT2D eigenvalue weighted by molar-refractivity contribution is 7.07. The standard InChI is InChI=1S/C25H25N3O4S/c1-3-31-24(30)21-16(2)26-25-28(22(21)17-9-5-4-6-10-17)23(29)19(33-25)15-18-11-12-20(32-18)27-13-7-8-14-27/h4-6,9-12,15,22H,3,7-8,13-14H2,1-2H3. The maximum atomic E-state index is 13.6. The van der Waals surface area contributed by atoms with Gasteiger partial charge < -0.3 is 14.1 Å². The third kappa shape index (κ3) is 3.95. The highest BCUT2D eigenvalue weighted by atomic mass is 32.1. The minimum absolute atomic E-state index is 0.207. The van der Waals surface area contributed by atoms with Crippen LogP contribution in [0, 0.1) is 0 Å². The number of anilines is 1. The van der Waals surface area contributed by atoms with Crippen LogP contribution in [0.25, 0.3) is 6.08 Å². The molecule has 0 radical (unpaired) electrons. The van der Waals surface area contributed by atoms with Gasteiger partial charge in [0.15, 0.2) is 10.7 Å². The normalized spacial score (nSPS) is 18.4. The van der Waals surface area contributed by atoms with Crippen molar-refractivity contribution < 1.29 is 13.9 Å². The first-order valence-corrected chi connectivity index (χ1v) is 12.0. The summed E-state index contributed by atoms with van der Waals surface area (Å²) in [6.45, 7) is 5.78. The lowest BCUT2D eigenvalue weighted by molar-refractivity contribution is -0.139. The predicted molar refractivity (Wildman–Crippen MR) is 127 cm³/mol. The Morgan fingerprint density at radius 3 is 2.70 bits per heavy atom. The Bertz CT molecular complexity index is 1390. The van der Waals surface area contributed by atoms with Crippen LogP contribution >= 0.6 is 11.3 Å². The van der Waals surface area contributed by atoms with Gasteiger partial charge in [-0.3, -0.25) is 9.36 Å². The van der Waals surface area contributed by atoms with Crippen molar-refractivity contribution in [1.82, 2.24) is 4.57 Å². The van der Waals surface area contributed by atoms with Crippen molar-refractivity contribution in [3.05, 3.63) is 84.7 Å². The minimum Gasteiger partial charge on any atom is -0.463 e. The van der Waals surface area contributed by atoms with Crippen molar-refractivity contribution in [2.75, 3.05) is 24.6 Å². The minimum atomic E-state index is -0.597. The molecule has 0 bridgehead atoms. The first-order valence-electron chi connectivity index (χ1n) is 11.2.